The van der Waals surface area contributed by atoms with Gasteiger partial charge in [0.15, 0.2) is 0 Å². The molecule has 0 unspecified atom stereocenters. The van der Waals surface area contributed by atoms with Crippen molar-refractivity contribution >= 4 is 36.2 Å². The fourth-order valence-electron chi connectivity index (χ4n) is 0.644. The maximum absolute atomic E-state index is 8.92. The fourth-order valence-corrected chi connectivity index (χ4v) is 0.644. The highest BCUT2D eigenvalue weighted by Gasteiger charge is 2.02. The Morgan fingerprint density at radius 3 is 1.58 bits per heavy atom. The van der Waals surface area contributed by atoms with Crippen molar-refractivity contribution in [1.82, 2.24) is 0 Å². The van der Waals surface area contributed by atoms with Crippen LogP contribution in [0.2, 0.25) is 0 Å². The maximum atomic E-state index is 8.92. The number of hydrogen-bond acceptors (Lipinski definition) is 4. The van der Waals surface area contributed by atoms with Crippen LogP contribution in [0.3, 0.4) is 0 Å². The van der Waals surface area contributed by atoms with Crippen LogP contribution in [0.25, 0.3) is 0 Å². The van der Waals surface area contributed by atoms with Gasteiger partial charge in [-0.1, -0.05) is 0 Å². The summed E-state index contributed by atoms with van der Waals surface area (Å²) >= 11 is 0. The van der Waals surface area contributed by atoms with Crippen LogP contribution in [-0.2, 0) is 0 Å². The summed E-state index contributed by atoms with van der Waals surface area (Å²) in [5.41, 5.74) is 10.7. The largest absolute Gasteiger partial charge is 0.506 e. The molecular weight excluding hydrogens is 203 g/mol. The average Bonchev–Trinajstić information content (AvgIpc) is 1.82. The number of benzene rings is 1. The molecule has 4 nitrogen and oxygen atoms in total. The van der Waals surface area contributed by atoms with Crippen LogP contribution in [0.15, 0.2) is 12.1 Å². The van der Waals surface area contributed by atoms with Crippen molar-refractivity contribution in [2.24, 2.45) is 0 Å². The summed E-state index contributed by atoms with van der Waals surface area (Å²) in [7, 11) is 0. The average molecular weight is 213 g/mol. The molecule has 0 aliphatic carbocycles. The zero-order chi connectivity index (χ0) is 7.72. The SMILES string of the molecule is Cl.Cl.Nc1cc(O)c(N)c(O)c1. The molecule has 0 aliphatic heterocycles. The van der Waals surface area contributed by atoms with Crippen molar-refractivity contribution in [3.05, 3.63) is 12.1 Å². The lowest BCUT2D eigenvalue weighted by atomic mass is 10.2. The van der Waals surface area contributed by atoms with Crippen LogP contribution in [0.4, 0.5) is 11.4 Å². The molecule has 0 radical (unpaired) electrons. The molecule has 12 heavy (non-hydrogen) atoms. The summed E-state index contributed by atoms with van der Waals surface area (Å²) in [5, 5.41) is 17.8. The fraction of sp³-hybridized carbons (Fsp3) is 0. The third kappa shape index (κ3) is 2.56. The molecule has 6 N–H and O–H groups in total. The van der Waals surface area contributed by atoms with Gasteiger partial charge in [0.05, 0.1) is 0 Å². The highest BCUT2D eigenvalue weighted by molar-refractivity contribution is 5.85. The Hall–Kier alpha value is -1.00. The van der Waals surface area contributed by atoms with E-state index in [0.717, 1.165) is 0 Å². The van der Waals surface area contributed by atoms with E-state index in [1.165, 1.54) is 12.1 Å². The molecule has 0 aliphatic rings. The summed E-state index contributed by atoms with van der Waals surface area (Å²) in [6.07, 6.45) is 0. The quantitative estimate of drug-likeness (QED) is 0.383. The van der Waals surface area contributed by atoms with Gasteiger partial charge in [0.25, 0.3) is 0 Å². The summed E-state index contributed by atoms with van der Waals surface area (Å²) in [6, 6.07) is 2.55. The molecule has 0 heterocycles. The molecule has 0 saturated heterocycles. The van der Waals surface area contributed by atoms with Gasteiger partial charge in [-0.3, -0.25) is 0 Å². The van der Waals surface area contributed by atoms with Crippen LogP contribution in [-0.4, -0.2) is 10.2 Å². The van der Waals surface area contributed by atoms with Crippen molar-refractivity contribution in [3.63, 3.8) is 0 Å². The number of rotatable bonds is 0. The second-order valence-electron chi connectivity index (χ2n) is 1.97. The first-order valence-electron chi connectivity index (χ1n) is 2.68. The Balaban J connectivity index is 0. The summed E-state index contributed by atoms with van der Waals surface area (Å²) < 4.78 is 0. The van der Waals surface area contributed by atoms with Gasteiger partial charge < -0.3 is 21.7 Å². The molecule has 1 rings (SSSR count). The van der Waals surface area contributed by atoms with Crippen molar-refractivity contribution in [3.8, 4) is 11.5 Å². The lowest BCUT2D eigenvalue weighted by Gasteiger charge is -2.01. The zero-order valence-corrected chi connectivity index (χ0v) is 7.65. The Morgan fingerprint density at radius 1 is 0.917 bits per heavy atom. The van der Waals surface area contributed by atoms with Crippen molar-refractivity contribution in [2.75, 3.05) is 11.5 Å². The predicted molar refractivity (Wildman–Crippen MR) is 53.1 cm³/mol. The second-order valence-corrected chi connectivity index (χ2v) is 1.97. The van der Waals surface area contributed by atoms with Gasteiger partial charge in [-0.2, -0.15) is 0 Å². The van der Waals surface area contributed by atoms with E-state index in [-0.39, 0.29) is 47.7 Å². The molecule has 0 fully saturated rings. The Morgan fingerprint density at radius 2 is 1.25 bits per heavy atom. The molecule has 0 saturated carbocycles. The molecule has 0 bridgehead atoms. The molecule has 0 aromatic heterocycles. The Kier molecular flexibility index (Phi) is 5.42. The first-order chi connectivity index (χ1) is 4.61. The van der Waals surface area contributed by atoms with Gasteiger partial charge in [0.1, 0.15) is 17.2 Å². The number of phenolic OH excluding ortho intramolecular Hbond substituents is 2. The monoisotopic (exact) mass is 212 g/mol. The lowest BCUT2D eigenvalue weighted by molar-refractivity contribution is 0.456. The summed E-state index contributed by atoms with van der Waals surface area (Å²) in [5.74, 6) is -0.394. The van der Waals surface area contributed by atoms with E-state index in [4.69, 9.17) is 21.7 Å². The maximum Gasteiger partial charge on any atom is 0.144 e. The first-order valence-corrected chi connectivity index (χ1v) is 2.68. The van der Waals surface area contributed by atoms with Gasteiger partial charge in [-0.15, -0.1) is 24.8 Å². The van der Waals surface area contributed by atoms with E-state index in [2.05, 4.69) is 0 Å². The first kappa shape index (κ1) is 13.6. The number of anilines is 2. The van der Waals surface area contributed by atoms with Gasteiger partial charge >= 0.3 is 0 Å². The molecule has 0 amide bonds. The van der Waals surface area contributed by atoms with Crippen LogP contribution in [0.5, 0.6) is 11.5 Å². The van der Waals surface area contributed by atoms with E-state index in [1.807, 2.05) is 0 Å². The van der Waals surface area contributed by atoms with Crippen LogP contribution >= 0.6 is 24.8 Å². The minimum absolute atomic E-state index is 0. The normalized spacial score (nSPS) is 8.00. The van der Waals surface area contributed by atoms with Gasteiger partial charge in [0, 0.05) is 17.8 Å². The molecule has 1 aromatic carbocycles. The molecule has 1 aromatic rings. The number of nitrogen functional groups attached to an aromatic ring is 2. The molecule has 0 spiro atoms. The minimum Gasteiger partial charge on any atom is -0.506 e. The van der Waals surface area contributed by atoms with E-state index in [9.17, 15) is 0 Å². The summed E-state index contributed by atoms with van der Waals surface area (Å²) in [4.78, 5) is 0. The van der Waals surface area contributed by atoms with E-state index in [0.29, 0.717) is 0 Å². The molecule has 0 atom stereocenters. The number of nitrogens with two attached hydrogens (primary N) is 2. The third-order valence-corrected chi connectivity index (χ3v) is 1.16. The highest BCUT2D eigenvalue weighted by Crippen LogP contribution is 2.31. The second kappa shape index (κ2) is 4.79. The zero-order valence-electron chi connectivity index (χ0n) is 6.02. The molecular formula is C6H10Cl2N2O2. The summed E-state index contributed by atoms with van der Waals surface area (Å²) in [6.45, 7) is 0. The van der Waals surface area contributed by atoms with Crippen molar-refractivity contribution in [2.45, 2.75) is 0 Å². The number of phenols is 2. The molecule has 70 valence electrons. The minimum atomic E-state index is -0.197. The van der Waals surface area contributed by atoms with Gasteiger partial charge in [-0.05, 0) is 0 Å². The van der Waals surface area contributed by atoms with Crippen LogP contribution in [0, 0.1) is 0 Å². The van der Waals surface area contributed by atoms with E-state index < -0.39 is 0 Å². The Bertz CT molecular complexity index is 245. The number of hydrogen-bond donors (Lipinski definition) is 4. The van der Waals surface area contributed by atoms with E-state index in [1.54, 1.807) is 0 Å². The highest BCUT2D eigenvalue weighted by atomic mass is 35.5. The Labute approximate surface area is 82.0 Å². The van der Waals surface area contributed by atoms with Crippen molar-refractivity contribution < 1.29 is 10.2 Å². The van der Waals surface area contributed by atoms with Crippen LogP contribution in [0.1, 0.15) is 0 Å². The van der Waals surface area contributed by atoms with E-state index >= 15 is 0 Å². The smallest absolute Gasteiger partial charge is 0.144 e. The standard InChI is InChI=1S/C6H8N2O2.2ClH/c7-3-1-4(9)6(8)5(10)2-3;;/h1-2,9-10H,7-8H2;2*1H. The predicted octanol–water partition coefficient (Wildman–Crippen LogP) is 1.11. The van der Waals surface area contributed by atoms with Crippen molar-refractivity contribution in [1.29, 1.82) is 0 Å². The lowest BCUT2D eigenvalue weighted by Crippen LogP contribution is -1.89. The molecule has 6 heteroatoms. The van der Waals surface area contributed by atoms with Gasteiger partial charge in [-0.25, -0.2) is 0 Å². The number of halogens is 2. The van der Waals surface area contributed by atoms with Gasteiger partial charge in [0.2, 0.25) is 0 Å². The van der Waals surface area contributed by atoms with Crippen LogP contribution < -0.4 is 11.5 Å². The third-order valence-electron chi connectivity index (χ3n) is 1.16. The topological polar surface area (TPSA) is 92.5 Å². The number of aromatic hydroxyl groups is 2.